The van der Waals surface area contributed by atoms with E-state index < -0.39 is 0 Å². The van der Waals surface area contributed by atoms with E-state index in [1.54, 1.807) is 6.07 Å². The summed E-state index contributed by atoms with van der Waals surface area (Å²) in [6, 6.07) is 18.7. The van der Waals surface area contributed by atoms with Crippen molar-refractivity contribution in [2.75, 3.05) is 20.1 Å². The topological polar surface area (TPSA) is 52.6 Å². The molecule has 4 heteroatoms. The Morgan fingerprint density at radius 2 is 1.94 bits per heavy atom. The van der Waals surface area contributed by atoms with Crippen LogP contribution in [0.5, 0.6) is 5.75 Å². The summed E-state index contributed by atoms with van der Waals surface area (Å²) in [5, 5.41) is 13.5. The normalized spacial score (nSPS) is 25.8. The predicted molar refractivity (Wildman–Crippen MR) is 130 cm³/mol. The molecule has 1 amide bonds. The lowest BCUT2D eigenvalue weighted by atomic mass is 9.58. The Morgan fingerprint density at radius 1 is 1.09 bits per heavy atom. The number of aryl methyl sites for hydroxylation is 1. The molecule has 0 unspecified atom stereocenters. The number of carbonyl (C=O) groups is 1. The van der Waals surface area contributed by atoms with Crippen LogP contribution in [0.25, 0.3) is 0 Å². The molecule has 2 aromatic rings. The molecule has 1 heterocycles. The van der Waals surface area contributed by atoms with Crippen molar-refractivity contribution in [3.05, 3.63) is 65.7 Å². The Labute approximate surface area is 193 Å². The molecular weight excluding hydrogens is 396 g/mol. The van der Waals surface area contributed by atoms with Crippen molar-refractivity contribution in [3.63, 3.8) is 0 Å². The minimum absolute atomic E-state index is 0.0527. The summed E-state index contributed by atoms with van der Waals surface area (Å²) < 4.78 is 0. The molecule has 32 heavy (non-hydrogen) atoms. The van der Waals surface area contributed by atoms with Crippen LogP contribution in [0.3, 0.4) is 0 Å². The van der Waals surface area contributed by atoms with Crippen LogP contribution in [0.4, 0.5) is 0 Å². The molecule has 1 aliphatic heterocycles. The number of phenolic OH excluding ortho intramolecular Hbond substituents is 1. The molecular formula is C28H38N2O2. The second-order valence-electron chi connectivity index (χ2n) is 10.0. The van der Waals surface area contributed by atoms with Crippen LogP contribution in [0.15, 0.2) is 54.6 Å². The van der Waals surface area contributed by atoms with Gasteiger partial charge in [-0.3, -0.25) is 4.79 Å². The van der Waals surface area contributed by atoms with E-state index in [1.807, 2.05) is 12.1 Å². The standard InChI is InChI=1S/C28H38N2O2/c1-30-18-17-28(23-12-8-13-26(31)19-23)20-25(16-15-24(28)21-30)29-27(32)14-7-3-6-11-22-9-4-2-5-10-22/h2,4-5,8-10,12-13,19,24-25,31H,3,6-7,11,14-18,20-21H2,1H3,(H,29,32)/t24-,25-,28+/m1/s1. The van der Waals surface area contributed by atoms with Gasteiger partial charge in [0.05, 0.1) is 0 Å². The fourth-order valence-electron chi connectivity index (χ4n) is 5.99. The molecule has 172 valence electrons. The van der Waals surface area contributed by atoms with Gasteiger partial charge in [-0.15, -0.1) is 0 Å². The lowest BCUT2D eigenvalue weighted by Crippen LogP contribution is -2.55. The van der Waals surface area contributed by atoms with E-state index in [0.717, 1.165) is 64.5 Å². The van der Waals surface area contributed by atoms with Crippen molar-refractivity contribution in [2.45, 2.75) is 69.2 Å². The molecule has 2 aromatic carbocycles. The van der Waals surface area contributed by atoms with E-state index in [9.17, 15) is 9.90 Å². The average Bonchev–Trinajstić information content (AvgIpc) is 2.80. The highest BCUT2D eigenvalue weighted by atomic mass is 16.3. The number of fused-ring (bicyclic) bond motifs is 1. The molecule has 3 atom stereocenters. The Hall–Kier alpha value is -2.33. The molecule has 4 rings (SSSR count). The van der Waals surface area contributed by atoms with Crippen LogP contribution < -0.4 is 5.32 Å². The summed E-state index contributed by atoms with van der Waals surface area (Å²) in [6.45, 7) is 2.16. The van der Waals surface area contributed by atoms with Crippen LogP contribution in [-0.2, 0) is 16.6 Å². The van der Waals surface area contributed by atoms with Crippen molar-refractivity contribution in [1.82, 2.24) is 10.2 Å². The summed E-state index contributed by atoms with van der Waals surface area (Å²) in [7, 11) is 2.21. The highest BCUT2D eigenvalue weighted by Crippen LogP contribution is 2.49. The second kappa shape index (κ2) is 10.5. The third kappa shape index (κ3) is 5.53. The first kappa shape index (κ1) is 22.8. The number of nitrogens with zero attached hydrogens (tertiary/aromatic N) is 1. The third-order valence-electron chi connectivity index (χ3n) is 7.73. The molecule has 2 N–H and O–H groups in total. The zero-order valence-electron chi connectivity index (χ0n) is 19.4. The maximum atomic E-state index is 12.7. The average molecular weight is 435 g/mol. The largest absolute Gasteiger partial charge is 0.508 e. The van der Waals surface area contributed by atoms with Gasteiger partial charge < -0.3 is 15.3 Å². The highest BCUT2D eigenvalue weighted by molar-refractivity contribution is 5.76. The van der Waals surface area contributed by atoms with Crippen LogP contribution >= 0.6 is 0 Å². The van der Waals surface area contributed by atoms with Crippen LogP contribution in [0.1, 0.15) is 62.5 Å². The molecule has 2 aliphatic rings. The number of nitrogens with one attached hydrogen (secondary N) is 1. The molecule has 0 aromatic heterocycles. The fourth-order valence-corrected chi connectivity index (χ4v) is 5.99. The van der Waals surface area contributed by atoms with Gasteiger partial charge in [-0.05, 0) is 87.7 Å². The number of hydrogen-bond donors (Lipinski definition) is 2. The maximum Gasteiger partial charge on any atom is 0.220 e. The van der Waals surface area contributed by atoms with Crippen LogP contribution in [0.2, 0.25) is 0 Å². The van der Waals surface area contributed by atoms with Gasteiger partial charge >= 0.3 is 0 Å². The molecule has 0 bridgehead atoms. The Morgan fingerprint density at radius 3 is 2.75 bits per heavy atom. The summed E-state index contributed by atoms with van der Waals surface area (Å²) in [5.74, 6) is 1.12. The second-order valence-corrected chi connectivity index (χ2v) is 10.0. The molecule has 0 radical (unpaired) electrons. The van der Waals surface area contributed by atoms with Gasteiger partial charge in [0.2, 0.25) is 5.91 Å². The highest BCUT2D eigenvalue weighted by Gasteiger charge is 2.47. The van der Waals surface area contributed by atoms with E-state index >= 15 is 0 Å². The first-order valence-corrected chi connectivity index (χ1v) is 12.4. The lowest BCUT2D eigenvalue weighted by Gasteiger charge is -2.52. The fraction of sp³-hybridized carbons (Fsp3) is 0.536. The zero-order valence-corrected chi connectivity index (χ0v) is 19.4. The Bertz CT molecular complexity index is 884. The molecule has 1 aliphatic carbocycles. The minimum atomic E-state index is 0.0527. The number of phenols is 1. The number of likely N-dealkylation sites (tertiary alicyclic amines) is 1. The van der Waals surface area contributed by atoms with Gasteiger partial charge in [0.25, 0.3) is 0 Å². The summed E-state index contributed by atoms with van der Waals surface area (Å²) in [6.07, 6.45) is 9.14. The van der Waals surface area contributed by atoms with Crippen molar-refractivity contribution in [2.24, 2.45) is 5.92 Å². The number of carbonyl (C=O) groups excluding carboxylic acids is 1. The number of aromatic hydroxyl groups is 1. The first-order chi connectivity index (χ1) is 15.5. The van der Waals surface area contributed by atoms with Crippen molar-refractivity contribution in [3.8, 4) is 5.75 Å². The van der Waals surface area contributed by atoms with Gasteiger partial charge in [0.15, 0.2) is 0 Å². The van der Waals surface area contributed by atoms with Gasteiger partial charge in [-0.2, -0.15) is 0 Å². The van der Waals surface area contributed by atoms with E-state index in [0.29, 0.717) is 18.1 Å². The maximum absolute atomic E-state index is 12.7. The molecule has 1 saturated carbocycles. The quantitative estimate of drug-likeness (QED) is 0.572. The van der Waals surface area contributed by atoms with Crippen molar-refractivity contribution >= 4 is 5.91 Å². The SMILES string of the molecule is CN1CC[C@@]2(c3cccc(O)c3)C[C@H](NC(=O)CCCCCc3ccccc3)CC[C@@H]2C1. The molecule has 0 spiro atoms. The van der Waals surface area contributed by atoms with Crippen LogP contribution in [-0.4, -0.2) is 42.1 Å². The Balaban J connectivity index is 1.30. The van der Waals surface area contributed by atoms with Crippen molar-refractivity contribution in [1.29, 1.82) is 0 Å². The summed E-state index contributed by atoms with van der Waals surface area (Å²) in [5.41, 5.74) is 2.68. The van der Waals surface area contributed by atoms with Gasteiger partial charge in [-0.1, -0.05) is 48.9 Å². The number of hydrogen-bond acceptors (Lipinski definition) is 3. The molecule has 4 nitrogen and oxygen atoms in total. The number of amides is 1. The van der Waals surface area contributed by atoms with E-state index in [4.69, 9.17) is 0 Å². The minimum Gasteiger partial charge on any atom is -0.508 e. The van der Waals surface area contributed by atoms with E-state index in [1.165, 1.54) is 11.1 Å². The van der Waals surface area contributed by atoms with Gasteiger partial charge in [-0.25, -0.2) is 0 Å². The van der Waals surface area contributed by atoms with E-state index in [2.05, 4.69) is 53.7 Å². The summed E-state index contributed by atoms with van der Waals surface area (Å²) in [4.78, 5) is 15.1. The number of rotatable bonds is 8. The van der Waals surface area contributed by atoms with E-state index in [-0.39, 0.29) is 17.4 Å². The lowest BCUT2D eigenvalue weighted by molar-refractivity contribution is -0.122. The van der Waals surface area contributed by atoms with Crippen molar-refractivity contribution < 1.29 is 9.90 Å². The number of piperidine rings is 1. The number of benzene rings is 2. The predicted octanol–water partition coefficient (Wildman–Crippen LogP) is 5.05. The van der Waals surface area contributed by atoms with Gasteiger partial charge in [0, 0.05) is 24.4 Å². The monoisotopic (exact) mass is 434 g/mol. The van der Waals surface area contributed by atoms with Gasteiger partial charge in [0.1, 0.15) is 5.75 Å². The Kier molecular flexibility index (Phi) is 7.51. The molecule has 2 fully saturated rings. The zero-order chi connectivity index (χ0) is 22.4. The van der Waals surface area contributed by atoms with Crippen LogP contribution in [0, 0.1) is 5.92 Å². The third-order valence-corrected chi connectivity index (χ3v) is 7.73. The molecule has 1 saturated heterocycles. The number of unbranched alkanes of at least 4 members (excludes halogenated alkanes) is 2. The smallest absolute Gasteiger partial charge is 0.220 e. The summed E-state index contributed by atoms with van der Waals surface area (Å²) >= 11 is 0. The first-order valence-electron chi connectivity index (χ1n) is 12.4.